The van der Waals surface area contributed by atoms with Crippen LogP contribution in [0.3, 0.4) is 0 Å². The van der Waals surface area contributed by atoms with Crippen LogP contribution in [0.15, 0.2) is 42.6 Å². The number of nitrogens with two attached hydrogens (primary N) is 1. The molecule has 0 radical (unpaired) electrons. The summed E-state index contributed by atoms with van der Waals surface area (Å²) in [4.78, 5) is 3.05. The minimum absolute atomic E-state index is 0.105. The third-order valence-corrected chi connectivity index (χ3v) is 3.07. The van der Waals surface area contributed by atoms with Gasteiger partial charge in [0.15, 0.2) is 0 Å². The normalized spacial score (nSPS) is 12.4. The lowest BCUT2D eigenvalue weighted by Crippen LogP contribution is -2.12. The number of hydrogen-bond donors (Lipinski definition) is 2. The van der Waals surface area contributed by atoms with Crippen LogP contribution in [0.4, 0.5) is 0 Å². The van der Waals surface area contributed by atoms with Crippen molar-refractivity contribution in [3.63, 3.8) is 0 Å². The van der Waals surface area contributed by atoms with Gasteiger partial charge in [0, 0.05) is 6.20 Å². The number of rotatable bonds is 2. The van der Waals surface area contributed by atoms with E-state index >= 15 is 0 Å². The molecule has 0 saturated heterocycles. The van der Waals surface area contributed by atoms with E-state index < -0.39 is 0 Å². The molecule has 2 aromatic rings. The van der Waals surface area contributed by atoms with Gasteiger partial charge in [-0.25, -0.2) is 0 Å². The Bertz CT molecular complexity index is 531. The fraction of sp³-hybridized carbons (Fsp3) is 0.154. The molecule has 0 bridgehead atoms. The topological polar surface area (TPSA) is 41.8 Å². The van der Waals surface area contributed by atoms with Crippen LogP contribution in [0.5, 0.6) is 0 Å². The van der Waals surface area contributed by atoms with E-state index in [9.17, 15) is 0 Å². The maximum atomic E-state index is 6.18. The van der Waals surface area contributed by atoms with E-state index in [1.54, 1.807) is 0 Å². The molecular weight excluding hydrogens is 216 g/mol. The maximum Gasteiger partial charge on any atom is 0.106 e. The molecule has 1 aromatic heterocycles. The number of aryl methyl sites for hydroxylation is 1. The van der Waals surface area contributed by atoms with Crippen molar-refractivity contribution in [3.05, 3.63) is 63.9 Å². The molecule has 0 aliphatic rings. The summed E-state index contributed by atoms with van der Waals surface area (Å²) in [5.74, 6) is 0. The molecule has 0 aliphatic heterocycles. The second-order valence-electron chi connectivity index (χ2n) is 3.83. The Balaban J connectivity index is 2.38. The molecule has 0 fully saturated rings. The van der Waals surface area contributed by atoms with Gasteiger partial charge in [0.25, 0.3) is 0 Å². The van der Waals surface area contributed by atoms with Crippen LogP contribution in [0.25, 0.3) is 0 Å². The highest BCUT2D eigenvalue weighted by Crippen LogP contribution is 2.19. The van der Waals surface area contributed by atoms with Gasteiger partial charge in [-0.15, -0.1) is 0 Å². The van der Waals surface area contributed by atoms with Gasteiger partial charge in [0.05, 0.1) is 6.04 Å². The van der Waals surface area contributed by atoms with Crippen LogP contribution in [0.1, 0.15) is 22.7 Å². The van der Waals surface area contributed by atoms with Gasteiger partial charge < -0.3 is 10.7 Å². The van der Waals surface area contributed by atoms with Crippen LogP contribution in [0.2, 0.25) is 0 Å². The first-order valence-corrected chi connectivity index (χ1v) is 5.59. The van der Waals surface area contributed by atoms with Crippen molar-refractivity contribution in [1.29, 1.82) is 0 Å². The Labute approximate surface area is 100 Å². The molecule has 2 nitrogen and oxygen atoms in total. The zero-order valence-electron chi connectivity index (χ0n) is 9.10. The van der Waals surface area contributed by atoms with Crippen molar-refractivity contribution in [2.45, 2.75) is 13.0 Å². The van der Waals surface area contributed by atoms with Crippen LogP contribution in [-0.4, -0.2) is 4.98 Å². The first kappa shape index (κ1) is 11.0. The second-order valence-corrected chi connectivity index (χ2v) is 4.24. The van der Waals surface area contributed by atoms with Gasteiger partial charge in [-0.2, -0.15) is 0 Å². The van der Waals surface area contributed by atoms with Crippen LogP contribution in [0, 0.1) is 11.6 Å². The zero-order valence-corrected chi connectivity index (χ0v) is 9.92. The van der Waals surface area contributed by atoms with Gasteiger partial charge in [0.1, 0.15) is 4.64 Å². The largest absolute Gasteiger partial charge is 0.352 e. The van der Waals surface area contributed by atoms with Crippen molar-refractivity contribution in [3.8, 4) is 0 Å². The summed E-state index contributed by atoms with van der Waals surface area (Å²) in [6, 6.07) is 12.0. The molecule has 82 valence electrons. The van der Waals surface area contributed by atoms with Gasteiger partial charge >= 0.3 is 0 Å². The summed E-state index contributed by atoms with van der Waals surface area (Å²) in [7, 11) is 0. The number of H-pyrrole nitrogens is 1. The molecule has 1 atom stereocenters. The van der Waals surface area contributed by atoms with Crippen molar-refractivity contribution >= 4 is 12.2 Å². The lowest BCUT2D eigenvalue weighted by atomic mass is 10.0. The van der Waals surface area contributed by atoms with Gasteiger partial charge in [-0.3, -0.25) is 0 Å². The molecule has 0 spiro atoms. The molecule has 1 heterocycles. The first-order valence-electron chi connectivity index (χ1n) is 5.18. The predicted molar refractivity (Wildman–Crippen MR) is 68.8 cm³/mol. The average molecular weight is 230 g/mol. The van der Waals surface area contributed by atoms with E-state index in [1.165, 1.54) is 0 Å². The van der Waals surface area contributed by atoms with Crippen LogP contribution >= 0.6 is 12.2 Å². The Kier molecular flexibility index (Phi) is 3.17. The summed E-state index contributed by atoms with van der Waals surface area (Å²) in [5, 5.41) is 0. The minimum Gasteiger partial charge on any atom is -0.352 e. The number of hydrogen-bond acceptors (Lipinski definition) is 2. The monoisotopic (exact) mass is 230 g/mol. The molecule has 0 amide bonds. The fourth-order valence-corrected chi connectivity index (χ4v) is 1.77. The van der Waals surface area contributed by atoms with Gasteiger partial charge in [0.2, 0.25) is 0 Å². The fourth-order valence-electron chi connectivity index (χ4n) is 1.65. The van der Waals surface area contributed by atoms with E-state index in [4.69, 9.17) is 18.0 Å². The lowest BCUT2D eigenvalue weighted by molar-refractivity contribution is 0.859. The molecule has 3 heteroatoms. The summed E-state index contributed by atoms with van der Waals surface area (Å²) in [6.07, 6.45) is 1.88. The maximum absolute atomic E-state index is 6.18. The second kappa shape index (κ2) is 4.60. The molecule has 0 aliphatic carbocycles. The highest BCUT2D eigenvalue weighted by molar-refractivity contribution is 7.71. The summed E-state index contributed by atoms with van der Waals surface area (Å²) >= 11 is 5.12. The van der Waals surface area contributed by atoms with Gasteiger partial charge in [-0.05, 0) is 29.7 Å². The number of pyridine rings is 1. The van der Waals surface area contributed by atoms with E-state index in [2.05, 4.69) is 4.98 Å². The quantitative estimate of drug-likeness (QED) is 0.778. The number of benzene rings is 1. The highest BCUT2D eigenvalue weighted by atomic mass is 32.1. The average Bonchev–Trinajstić information content (AvgIpc) is 2.33. The smallest absolute Gasteiger partial charge is 0.106 e. The van der Waals surface area contributed by atoms with Crippen molar-refractivity contribution < 1.29 is 0 Å². The minimum atomic E-state index is -0.105. The number of nitrogens with one attached hydrogen (secondary N) is 1. The number of aromatic amines is 1. The van der Waals surface area contributed by atoms with Crippen molar-refractivity contribution in [2.24, 2.45) is 5.73 Å². The van der Waals surface area contributed by atoms with Crippen molar-refractivity contribution in [2.75, 3.05) is 0 Å². The molecule has 0 saturated carbocycles. The summed E-state index contributed by atoms with van der Waals surface area (Å²) in [5.41, 5.74) is 9.39. The van der Waals surface area contributed by atoms with E-state index in [1.807, 2.05) is 49.5 Å². The Morgan fingerprint density at radius 1 is 1.19 bits per heavy atom. The van der Waals surface area contributed by atoms with E-state index in [0.717, 1.165) is 21.3 Å². The Hall–Kier alpha value is -1.45. The molecule has 16 heavy (non-hydrogen) atoms. The van der Waals surface area contributed by atoms with Crippen LogP contribution in [-0.2, 0) is 0 Å². The van der Waals surface area contributed by atoms with Gasteiger partial charge in [-0.1, -0.05) is 42.5 Å². The Morgan fingerprint density at radius 2 is 1.88 bits per heavy atom. The Morgan fingerprint density at radius 3 is 2.50 bits per heavy atom. The molecule has 3 N–H and O–H groups in total. The van der Waals surface area contributed by atoms with Crippen LogP contribution < -0.4 is 5.73 Å². The SMILES string of the molecule is Cc1cc([C@@H](N)c2ccccc2)c[nH]c1=S. The lowest BCUT2D eigenvalue weighted by Gasteiger charge is -2.12. The summed E-state index contributed by atoms with van der Waals surface area (Å²) in [6.45, 7) is 1.99. The third-order valence-electron chi connectivity index (χ3n) is 2.63. The standard InChI is InChI=1S/C13H14N2S/c1-9-7-11(8-15-13(9)16)12(14)10-5-3-2-4-6-10/h2-8,12H,14H2,1H3,(H,15,16)/t12-/m0/s1. The van der Waals surface area contributed by atoms with Crippen molar-refractivity contribution in [1.82, 2.24) is 4.98 Å². The van der Waals surface area contributed by atoms with E-state index in [0.29, 0.717) is 0 Å². The zero-order chi connectivity index (χ0) is 11.5. The number of aromatic nitrogens is 1. The molecule has 0 unspecified atom stereocenters. The predicted octanol–water partition coefficient (Wildman–Crippen LogP) is 3.10. The summed E-state index contributed by atoms with van der Waals surface area (Å²) < 4.78 is 0.768. The molecule has 1 aromatic carbocycles. The molecular formula is C13H14N2S. The van der Waals surface area contributed by atoms with E-state index in [-0.39, 0.29) is 6.04 Å². The highest BCUT2D eigenvalue weighted by Gasteiger charge is 2.08. The molecule has 2 rings (SSSR count). The third kappa shape index (κ3) is 2.21. The first-order chi connectivity index (χ1) is 7.68.